The lowest BCUT2D eigenvalue weighted by Gasteiger charge is -2.02. The first-order valence-corrected chi connectivity index (χ1v) is 4.93. The van der Waals surface area contributed by atoms with Crippen LogP contribution in [-0.2, 0) is 0 Å². The van der Waals surface area contributed by atoms with Gasteiger partial charge in [0.1, 0.15) is 17.2 Å². The molecule has 1 heterocycles. The molecule has 2 rings (SSSR count). The van der Waals surface area contributed by atoms with Crippen LogP contribution in [0, 0.1) is 11.6 Å². The van der Waals surface area contributed by atoms with Gasteiger partial charge in [-0.2, -0.15) is 0 Å². The number of hydrogen-bond donors (Lipinski definition) is 0. The molecule has 0 fully saturated rings. The van der Waals surface area contributed by atoms with Crippen molar-refractivity contribution < 1.29 is 13.6 Å². The van der Waals surface area contributed by atoms with E-state index in [2.05, 4.69) is 9.97 Å². The van der Waals surface area contributed by atoms with Crippen LogP contribution in [-0.4, -0.2) is 15.8 Å². The third-order valence-corrected chi connectivity index (χ3v) is 2.27. The summed E-state index contributed by atoms with van der Waals surface area (Å²) in [5, 5.41) is 0.0557. The average molecular weight is 255 g/mol. The van der Waals surface area contributed by atoms with Gasteiger partial charge in [-0.05, 0) is 12.1 Å². The number of carbonyl (C=O) groups is 1. The van der Waals surface area contributed by atoms with Gasteiger partial charge in [0.05, 0.1) is 5.56 Å². The van der Waals surface area contributed by atoms with Crippen LogP contribution in [0.5, 0.6) is 0 Å². The summed E-state index contributed by atoms with van der Waals surface area (Å²) in [7, 11) is 0. The lowest BCUT2D eigenvalue weighted by molar-refractivity contribution is 0.102. The van der Waals surface area contributed by atoms with Crippen LogP contribution in [0.15, 0.2) is 30.6 Å². The first kappa shape index (κ1) is 11.6. The maximum atomic E-state index is 13.4. The molecule has 3 nitrogen and oxygen atoms in total. The minimum absolute atomic E-state index is 0.0557. The first-order chi connectivity index (χ1) is 8.09. The predicted octanol–water partition coefficient (Wildman–Crippen LogP) is 2.64. The number of benzene rings is 1. The Bertz CT molecular complexity index is 589. The zero-order chi connectivity index (χ0) is 12.4. The Balaban J connectivity index is 2.48. The second-order valence-corrected chi connectivity index (χ2v) is 3.54. The Hall–Kier alpha value is -1.88. The average Bonchev–Trinajstić information content (AvgIpc) is 2.32. The number of halogens is 3. The molecule has 1 aromatic carbocycles. The fraction of sp³-hybridized carbons (Fsp3) is 0. The van der Waals surface area contributed by atoms with Gasteiger partial charge in [-0.15, -0.1) is 0 Å². The third kappa shape index (κ3) is 2.29. The summed E-state index contributed by atoms with van der Waals surface area (Å²) < 4.78 is 26.3. The van der Waals surface area contributed by atoms with Crippen molar-refractivity contribution in [3.8, 4) is 0 Å². The van der Waals surface area contributed by atoms with Crippen molar-refractivity contribution in [2.45, 2.75) is 0 Å². The van der Waals surface area contributed by atoms with Crippen molar-refractivity contribution >= 4 is 17.4 Å². The minimum Gasteiger partial charge on any atom is -0.287 e. The summed E-state index contributed by atoms with van der Waals surface area (Å²) >= 11 is 5.58. The molecule has 0 unspecified atom stereocenters. The molecule has 0 amide bonds. The Kier molecular flexibility index (Phi) is 3.10. The van der Waals surface area contributed by atoms with E-state index in [4.69, 9.17) is 11.6 Å². The molecular formula is C11H5ClF2N2O. The van der Waals surface area contributed by atoms with Crippen molar-refractivity contribution in [2.24, 2.45) is 0 Å². The fourth-order valence-electron chi connectivity index (χ4n) is 1.27. The first-order valence-electron chi connectivity index (χ1n) is 4.56. The molecule has 86 valence electrons. The molecule has 0 radical (unpaired) electrons. The summed E-state index contributed by atoms with van der Waals surface area (Å²) in [4.78, 5) is 19.1. The molecule has 0 aliphatic rings. The molecule has 0 saturated carbocycles. The molecule has 0 atom stereocenters. The van der Waals surface area contributed by atoms with E-state index in [0.717, 1.165) is 12.4 Å². The van der Waals surface area contributed by atoms with E-state index in [1.807, 2.05) is 0 Å². The van der Waals surface area contributed by atoms with Crippen LogP contribution in [0.1, 0.15) is 16.1 Å². The maximum Gasteiger partial charge on any atom is 0.214 e. The summed E-state index contributed by atoms with van der Waals surface area (Å²) in [5.74, 6) is -3.03. The molecule has 0 N–H and O–H groups in total. The van der Waals surface area contributed by atoms with Crippen LogP contribution in [0.3, 0.4) is 0 Å². The number of carbonyl (C=O) groups excluding carboxylic acids is 1. The van der Waals surface area contributed by atoms with Gasteiger partial charge in [0.15, 0.2) is 11.6 Å². The fourth-order valence-corrected chi connectivity index (χ4v) is 1.42. The molecule has 0 spiro atoms. The standard InChI is InChI=1S/C11H5ClF2N2O/c12-9-4-8(15-5-16-9)11(17)6-2-1-3-7(13)10(6)14/h1-5H. The maximum absolute atomic E-state index is 13.4. The van der Waals surface area contributed by atoms with Crippen molar-refractivity contribution in [2.75, 3.05) is 0 Å². The van der Waals surface area contributed by atoms with Gasteiger partial charge in [0, 0.05) is 6.07 Å². The van der Waals surface area contributed by atoms with Crippen LogP contribution in [0.4, 0.5) is 8.78 Å². The summed E-state index contributed by atoms with van der Waals surface area (Å²) in [6.07, 6.45) is 1.08. The lowest BCUT2D eigenvalue weighted by Crippen LogP contribution is -2.08. The van der Waals surface area contributed by atoms with Crippen molar-refractivity contribution in [1.29, 1.82) is 0 Å². The Morgan fingerprint density at radius 2 is 2.00 bits per heavy atom. The topological polar surface area (TPSA) is 42.9 Å². The van der Waals surface area contributed by atoms with E-state index in [1.54, 1.807) is 0 Å². The molecular weight excluding hydrogens is 250 g/mol. The number of aromatic nitrogens is 2. The Morgan fingerprint density at radius 1 is 1.24 bits per heavy atom. The van der Waals surface area contributed by atoms with E-state index in [0.29, 0.717) is 0 Å². The number of rotatable bonds is 2. The number of hydrogen-bond acceptors (Lipinski definition) is 3. The van der Waals surface area contributed by atoms with Crippen molar-refractivity contribution in [3.63, 3.8) is 0 Å². The zero-order valence-electron chi connectivity index (χ0n) is 8.32. The lowest BCUT2D eigenvalue weighted by atomic mass is 10.1. The normalized spacial score (nSPS) is 10.3. The van der Waals surface area contributed by atoms with Gasteiger partial charge in [-0.25, -0.2) is 18.7 Å². The molecule has 6 heteroatoms. The predicted molar refractivity (Wildman–Crippen MR) is 56.8 cm³/mol. The second-order valence-electron chi connectivity index (χ2n) is 3.16. The molecule has 0 bridgehead atoms. The van der Waals surface area contributed by atoms with Gasteiger partial charge in [-0.1, -0.05) is 17.7 Å². The SMILES string of the molecule is O=C(c1cc(Cl)ncn1)c1cccc(F)c1F. The van der Waals surface area contributed by atoms with Crippen LogP contribution >= 0.6 is 11.6 Å². The van der Waals surface area contributed by atoms with E-state index in [1.165, 1.54) is 18.2 Å². The van der Waals surface area contributed by atoms with E-state index in [9.17, 15) is 13.6 Å². The van der Waals surface area contributed by atoms with Gasteiger partial charge < -0.3 is 0 Å². The quantitative estimate of drug-likeness (QED) is 0.611. The van der Waals surface area contributed by atoms with E-state index in [-0.39, 0.29) is 16.4 Å². The smallest absolute Gasteiger partial charge is 0.214 e. The van der Waals surface area contributed by atoms with Crippen molar-refractivity contribution in [1.82, 2.24) is 9.97 Å². The summed E-state index contributed by atoms with van der Waals surface area (Å²) in [6.45, 7) is 0. The highest BCUT2D eigenvalue weighted by atomic mass is 35.5. The molecule has 1 aromatic heterocycles. The van der Waals surface area contributed by atoms with E-state index >= 15 is 0 Å². The highest BCUT2D eigenvalue weighted by Gasteiger charge is 2.18. The summed E-state index contributed by atoms with van der Waals surface area (Å²) in [6, 6.07) is 4.54. The Labute approximate surface area is 100 Å². The van der Waals surface area contributed by atoms with Crippen LogP contribution in [0.2, 0.25) is 5.15 Å². The summed E-state index contributed by atoms with van der Waals surface area (Å²) in [5.41, 5.74) is -0.478. The molecule has 0 aliphatic carbocycles. The van der Waals surface area contributed by atoms with E-state index < -0.39 is 17.4 Å². The molecule has 0 saturated heterocycles. The second kappa shape index (κ2) is 4.55. The molecule has 2 aromatic rings. The molecule has 0 aliphatic heterocycles. The van der Waals surface area contributed by atoms with Gasteiger partial charge >= 0.3 is 0 Å². The number of ketones is 1. The van der Waals surface area contributed by atoms with Crippen LogP contribution in [0.25, 0.3) is 0 Å². The van der Waals surface area contributed by atoms with Crippen LogP contribution < -0.4 is 0 Å². The van der Waals surface area contributed by atoms with Gasteiger partial charge in [0.2, 0.25) is 5.78 Å². The number of nitrogens with zero attached hydrogens (tertiary/aromatic N) is 2. The van der Waals surface area contributed by atoms with Crippen molar-refractivity contribution in [3.05, 3.63) is 58.6 Å². The van der Waals surface area contributed by atoms with Gasteiger partial charge in [0.25, 0.3) is 0 Å². The third-order valence-electron chi connectivity index (χ3n) is 2.06. The minimum atomic E-state index is -1.20. The Morgan fingerprint density at radius 3 is 2.71 bits per heavy atom. The van der Waals surface area contributed by atoms with Gasteiger partial charge in [-0.3, -0.25) is 4.79 Å². The largest absolute Gasteiger partial charge is 0.287 e. The highest BCUT2D eigenvalue weighted by molar-refractivity contribution is 6.29. The zero-order valence-corrected chi connectivity index (χ0v) is 9.08. The molecule has 17 heavy (non-hydrogen) atoms. The highest BCUT2D eigenvalue weighted by Crippen LogP contribution is 2.16. The monoisotopic (exact) mass is 254 g/mol.